The minimum atomic E-state index is -1.04. The van der Waals surface area contributed by atoms with Crippen molar-refractivity contribution >= 4 is 33.8 Å². The van der Waals surface area contributed by atoms with Crippen LogP contribution < -0.4 is 5.32 Å². The number of carbonyl (C=O) groups is 3. The molecule has 2 rings (SSSR count). The van der Waals surface area contributed by atoms with Gasteiger partial charge in [0.15, 0.2) is 0 Å². The molecule has 0 aromatic heterocycles. The third-order valence-electron chi connectivity index (χ3n) is 4.24. The molecule has 1 aromatic rings. The predicted octanol–water partition coefficient (Wildman–Crippen LogP) is 1.99. The topological polar surface area (TPSA) is 90.9 Å². The molecule has 1 fully saturated rings. The highest BCUT2D eigenvalue weighted by atomic mass is 79.9. The van der Waals surface area contributed by atoms with Gasteiger partial charge in [0.25, 0.3) is 0 Å². The van der Waals surface area contributed by atoms with Crippen LogP contribution in [0.25, 0.3) is 0 Å². The maximum absolute atomic E-state index is 12.7. The zero-order chi connectivity index (χ0) is 19.3. The van der Waals surface area contributed by atoms with Gasteiger partial charge in [0.05, 0.1) is 32.2 Å². The molecule has 26 heavy (non-hydrogen) atoms. The zero-order valence-corrected chi connectivity index (χ0v) is 16.4. The molecule has 8 heteroatoms. The minimum Gasteiger partial charge on any atom is -0.468 e. The quantitative estimate of drug-likeness (QED) is 0.548. The van der Waals surface area contributed by atoms with Crippen LogP contribution in [0.2, 0.25) is 0 Å². The van der Waals surface area contributed by atoms with Crippen LogP contribution in [0.5, 0.6) is 0 Å². The van der Waals surface area contributed by atoms with Crippen molar-refractivity contribution in [2.75, 3.05) is 20.3 Å². The van der Waals surface area contributed by atoms with E-state index in [1.54, 1.807) is 13.8 Å². The average Bonchev–Trinajstić information content (AvgIpc) is 3.02. The van der Waals surface area contributed by atoms with Crippen LogP contribution in [0, 0.1) is 11.8 Å². The minimum absolute atomic E-state index is 0.139. The summed E-state index contributed by atoms with van der Waals surface area (Å²) in [6.45, 7) is 3.66. The van der Waals surface area contributed by atoms with Crippen molar-refractivity contribution in [2.24, 2.45) is 11.8 Å². The first-order valence-electron chi connectivity index (χ1n) is 8.37. The molecule has 0 amide bonds. The molecule has 0 bridgehead atoms. The summed E-state index contributed by atoms with van der Waals surface area (Å²) in [5.41, 5.74) is 0.748. The summed E-state index contributed by atoms with van der Waals surface area (Å²) in [4.78, 5) is 37.5. The van der Waals surface area contributed by atoms with Gasteiger partial charge in [-0.25, -0.2) is 0 Å². The molecule has 1 saturated heterocycles. The van der Waals surface area contributed by atoms with E-state index in [1.807, 2.05) is 24.3 Å². The normalized spacial score (nSPS) is 24.8. The molecule has 1 N–H and O–H groups in total. The molecule has 0 saturated carbocycles. The maximum atomic E-state index is 12.7. The first-order valence-corrected chi connectivity index (χ1v) is 9.16. The van der Waals surface area contributed by atoms with Crippen molar-refractivity contribution in [2.45, 2.75) is 25.9 Å². The number of halogens is 1. The molecule has 1 aliphatic rings. The molecular weight excluding hydrogens is 406 g/mol. The second-order valence-corrected chi connectivity index (χ2v) is 6.67. The highest BCUT2D eigenvalue weighted by molar-refractivity contribution is 9.10. The highest BCUT2D eigenvalue weighted by Gasteiger charge is 2.55. The highest BCUT2D eigenvalue weighted by Crippen LogP contribution is 2.40. The Morgan fingerprint density at radius 1 is 1.04 bits per heavy atom. The van der Waals surface area contributed by atoms with Crippen LogP contribution in [0.1, 0.15) is 25.5 Å². The Hall–Kier alpha value is -1.93. The van der Waals surface area contributed by atoms with Gasteiger partial charge in [0.2, 0.25) is 0 Å². The summed E-state index contributed by atoms with van der Waals surface area (Å²) < 4.78 is 15.9. The summed E-state index contributed by atoms with van der Waals surface area (Å²) in [6.07, 6.45) is 0. The molecule has 0 spiro atoms. The first-order chi connectivity index (χ1) is 12.4. The van der Waals surface area contributed by atoms with Gasteiger partial charge in [-0.2, -0.15) is 0 Å². The average molecular weight is 428 g/mol. The van der Waals surface area contributed by atoms with Gasteiger partial charge in [-0.1, -0.05) is 28.1 Å². The third-order valence-corrected chi connectivity index (χ3v) is 4.74. The number of hydrogen-bond donors (Lipinski definition) is 1. The van der Waals surface area contributed by atoms with Crippen molar-refractivity contribution in [3.05, 3.63) is 34.3 Å². The van der Waals surface area contributed by atoms with E-state index in [2.05, 4.69) is 21.2 Å². The molecule has 1 aliphatic heterocycles. The fourth-order valence-electron chi connectivity index (χ4n) is 3.20. The SMILES string of the molecule is CCOC(=O)[C@@H]1[C@H](C(=O)OCC)[C@@H](c2cccc(Br)c2)N[C@H]1C(=O)OC. The molecule has 0 aliphatic carbocycles. The number of ether oxygens (including phenoxy) is 3. The van der Waals surface area contributed by atoms with Crippen LogP contribution in [0.15, 0.2) is 28.7 Å². The molecule has 7 nitrogen and oxygen atoms in total. The zero-order valence-electron chi connectivity index (χ0n) is 14.9. The Kier molecular flexibility index (Phi) is 7.16. The largest absolute Gasteiger partial charge is 0.468 e. The van der Waals surface area contributed by atoms with Crippen LogP contribution in [-0.4, -0.2) is 44.3 Å². The number of benzene rings is 1. The number of methoxy groups -OCH3 is 1. The summed E-state index contributed by atoms with van der Waals surface area (Å²) in [5.74, 6) is -3.77. The second kappa shape index (κ2) is 9.14. The van der Waals surface area contributed by atoms with E-state index in [0.717, 1.165) is 10.0 Å². The van der Waals surface area contributed by atoms with Crippen molar-refractivity contribution in [3.8, 4) is 0 Å². The van der Waals surface area contributed by atoms with Crippen LogP contribution in [0.4, 0.5) is 0 Å². The summed E-state index contributed by atoms with van der Waals surface area (Å²) in [6, 6.07) is 5.71. The smallest absolute Gasteiger partial charge is 0.323 e. The Bertz CT molecular complexity index is 679. The van der Waals surface area contributed by atoms with Gasteiger partial charge in [-0.05, 0) is 31.5 Å². The van der Waals surface area contributed by atoms with Crippen LogP contribution in [0.3, 0.4) is 0 Å². The number of rotatable bonds is 6. The van der Waals surface area contributed by atoms with E-state index in [4.69, 9.17) is 14.2 Å². The van der Waals surface area contributed by atoms with Gasteiger partial charge >= 0.3 is 17.9 Å². The Labute approximate surface area is 160 Å². The van der Waals surface area contributed by atoms with Gasteiger partial charge in [-0.15, -0.1) is 0 Å². The summed E-state index contributed by atoms with van der Waals surface area (Å²) in [7, 11) is 1.23. The van der Waals surface area contributed by atoms with E-state index in [9.17, 15) is 14.4 Å². The fourth-order valence-corrected chi connectivity index (χ4v) is 3.62. The van der Waals surface area contributed by atoms with Crippen molar-refractivity contribution in [1.29, 1.82) is 0 Å². The number of hydrogen-bond acceptors (Lipinski definition) is 7. The standard InChI is InChI=1S/C18H22BrNO6/c1-4-25-16(21)12-13(17(22)26-5-2)15(18(23)24-3)20-14(12)10-7-6-8-11(19)9-10/h6-9,12-15,20H,4-5H2,1-3H3/t12-,13+,14+,15+/m0/s1. The number of esters is 3. The Morgan fingerprint density at radius 2 is 1.65 bits per heavy atom. The van der Waals surface area contributed by atoms with Crippen LogP contribution in [-0.2, 0) is 28.6 Å². The molecule has 0 radical (unpaired) electrons. The lowest BCUT2D eigenvalue weighted by Crippen LogP contribution is -2.42. The second-order valence-electron chi connectivity index (χ2n) is 5.76. The van der Waals surface area contributed by atoms with E-state index < -0.39 is 41.8 Å². The molecule has 4 atom stereocenters. The molecule has 0 unspecified atom stereocenters. The van der Waals surface area contributed by atoms with Gasteiger partial charge < -0.3 is 14.2 Å². The van der Waals surface area contributed by atoms with Gasteiger partial charge in [-0.3, -0.25) is 19.7 Å². The van der Waals surface area contributed by atoms with Crippen molar-refractivity contribution in [3.63, 3.8) is 0 Å². The predicted molar refractivity (Wildman–Crippen MR) is 96.1 cm³/mol. The monoisotopic (exact) mass is 427 g/mol. The molecular formula is C18H22BrNO6. The first kappa shape index (κ1) is 20.4. The number of carbonyl (C=O) groups excluding carboxylic acids is 3. The Balaban J connectivity index is 2.50. The van der Waals surface area contributed by atoms with Crippen molar-refractivity contribution < 1.29 is 28.6 Å². The lowest BCUT2D eigenvalue weighted by molar-refractivity contribution is -0.162. The van der Waals surface area contributed by atoms with E-state index in [-0.39, 0.29) is 13.2 Å². The molecule has 142 valence electrons. The van der Waals surface area contributed by atoms with Crippen molar-refractivity contribution in [1.82, 2.24) is 5.32 Å². The summed E-state index contributed by atoms with van der Waals surface area (Å²) in [5, 5.41) is 3.07. The van der Waals surface area contributed by atoms with Crippen LogP contribution >= 0.6 is 15.9 Å². The molecule has 1 heterocycles. The number of nitrogens with one attached hydrogen (secondary N) is 1. The lowest BCUT2D eigenvalue weighted by Gasteiger charge is -2.22. The summed E-state index contributed by atoms with van der Waals surface area (Å²) >= 11 is 3.40. The van der Waals surface area contributed by atoms with E-state index >= 15 is 0 Å². The van der Waals surface area contributed by atoms with Gasteiger partial charge in [0, 0.05) is 10.5 Å². The van der Waals surface area contributed by atoms with E-state index in [0.29, 0.717) is 0 Å². The maximum Gasteiger partial charge on any atom is 0.323 e. The van der Waals surface area contributed by atoms with Gasteiger partial charge in [0.1, 0.15) is 6.04 Å². The Morgan fingerprint density at radius 3 is 2.19 bits per heavy atom. The fraction of sp³-hybridized carbons (Fsp3) is 0.500. The third kappa shape index (κ3) is 4.24. The van der Waals surface area contributed by atoms with E-state index in [1.165, 1.54) is 7.11 Å². The molecule has 1 aromatic carbocycles. The lowest BCUT2D eigenvalue weighted by atomic mass is 9.84.